The van der Waals surface area contributed by atoms with Crippen LogP contribution in [0.15, 0.2) is 54.7 Å². The van der Waals surface area contributed by atoms with Crippen molar-refractivity contribution in [3.8, 4) is 0 Å². The van der Waals surface area contributed by atoms with Gasteiger partial charge in [0.15, 0.2) is 0 Å². The molecule has 1 fully saturated rings. The number of benzene rings is 2. The van der Waals surface area contributed by atoms with Crippen LogP contribution in [0.4, 0.5) is 0 Å². The number of fused-ring (bicyclic) bond motifs is 1. The highest BCUT2D eigenvalue weighted by atomic mass is 16.4. The molecule has 0 spiro atoms. The number of carbonyl (C=O) groups is 1. The van der Waals surface area contributed by atoms with Gasteiger partial charge in [-0.1, -0.05) is 30.3 Å². The first kappa shape index (κ1) is 15.9. The fraction of sp³-hybridized carbons (Fsp3) is 0.286. The molecule has 0 radical (unpaired) electrons. The summed E-state index contributed by atoms with van der Waals surface area (Å²) in [5.74, 6) is -0.266. The Morgan fingerprint density at radius 2 is 1.92 bits per heavy atom. The van der Waals surface area contributed by atoms with Gasteiger partial charge in [-0.15, -0.1) is 0 Å². The van der Waals surface area contributed by atoms with E-state index in [9.17, 15) is 4.79 Å². The third kappa shape index (κ3) is 3.30. The summed E-state index contributed by atoms with van der Waals surface area (Å²) in [5, 5.41) is 10.5. The molecule has 2 aromatic carbocycles. The van der Waals surface area contributed by atoms with Crippen LogP contribution in [0.5, 0.6) is 0 Å². The van der Waals surface area contributed by atoms with Crippen LogP contribution in [-0.4, -0.2) is 34.0 Å². The Bertz CT molecular complexity index is 892. The number of likely N-dealkylation sites (tertiary alicyclic amines) is 1. The molecule has 0 atom stereocenters. The van der Waals surface area contributed by atoms with Gasteiger partial charge in [-0.05, 0) is 61.2 Å². The third-order valence-electron chi connectivity index (χ3n) is 5.23. The molecule has 3 aromatic rings. The van der Waals surface area contributed by atoms with E-state index in [1.54, 1.807) is 12.1 Å². The van der Waals surface area contributed by atoms with E-state index < -0.39 is 5.97 Å². The lowest BCUT2D eigenvalue weighted by atomic mass is 9.89. The number of aromatic carboxylic acids is 1. The minimum Gasteiger partial charge on any atom is -0.478 e. The summed E-state index contributed by atoms with van der Waals surface area (Å²) in [4.78, 5) is 16.9. The van der Waals surface area contributed by atoms with E-state index in [1.807, 2.05) is 12.1 Å². The zero-order chi connectivity index (χ0) is 17.2. The fourth-order valence-corrected chi connectivity index (χ4v) is 3.89. The molecule has 1 aliphatic heterocycles. The number of piperidine rings is 1. The maximum atomic E-state index is 11.1. The number of aromatic amines is 1. The van der Waals surface area contributed by atoms with Crippen LogP contribution in [0.1, 0.15) is 40.2 Å². The summed E-state index contributed by atoms with van der Waals surface area (Å²) in [6.07, 6.45) is 4.45. The summed E-state index contributed by atoms with van der Waals surface area (Å²) >= 11 is 0. The molecule has 0 bridgehead atoms. The van der Waals surface area contributed by atoms with Crippen molar-refractivity contribution in [1.82, 2.24) is 9.88 Å². The molecule has 0 amide bonds. The van der Waals surface area contributed by atoms with Gasteiger partial charge in [-0.3, -0.25) is 4.90 Å². The summed E-state index contributed by atoms with van der Waals surface area (Å²) < 4.78 is 0. The number of hydrogen-bond acceptors (Lipinski definition) is 2. The molecule has 0 unspecified atom stereocenters. The second-order valence-electron chi connectivity index (χ2n) is 6.85. The lowest BCUT2D eigenvalue weighted by Gasteiger charge is -2.32. The van der Waals surface area contributed by atoms with Gasteiger partial charge in [0.2, 0.25) is 0 Å². The maximum Gasteiger partial charge on any atom is 0.335 e. The Morgan fingerprint density at radius 3 is 2.72 bits per heavy atom. The molecule has 2 heterocycles. The minimum absolute atomic E-state index is 0.367. The first-order chi connectivity index (χ1) is 12.2. The van der Waals surface area contributed by atoms with Crippen LogP contribution < -0.4 is 0 Å². The standard InChI is InChI=1S/C21H22N2O2/c24-21(25)17-5-3-4-15(12-17)14-23-10-8-16(9-11-23)19-13-22-20-7-2-1-6-18(19)20/h1-7,12-13,16,22H,8-11,14H2,(H,24,25). The van der Waals surface area contributed by atoms with E-state index in [0.717, 1.165) is 38.0 Å². The minimum atomic E-state index is -0.861. The molecule has 128 valence electrons. The average molecular weight is 334 g/mol. The van der Waals surface area contributed by atoms with Gasteiger partial charge in [0.25, 0.3) is 0 Å². The molecule has 0 saturated carbocycles. The van der Waals surface area contributed by atoms with E-state index in [1.165, 1.54) is 16.5 Å². The molecule has 2 N–H and O–H groups in total. The van der Waals surface area contributed by atoms with Gasteiger partial charge in [-0.25, -0.2) is 4.79 Å². The first-order valence-corrected chi connectivity index (χ1v) is 8.81. The molecule has 1 aromatic heterocycles. The molecule has 4 rings (SSSR count). The maximum absolute atomic E-state index is 11.1. The molecular formula is C21H22N2O2. The largest absolute Gasteiger partial charge is 0.478 e. The monoisotopic (exact) mass is 334 g/mol. The van der Waals surface area contributed by atoms with Crippen molar-refractivity contribution in [3.05, 3.63) is 71.4 Å². The highest BCUT2D eigenvalue weighted by Crippen LogP contribution is 2.33. The number of carboxylic acid groups (broad SMARTS) is 1. The predicted molar refractivity (Wildman–Crippen MR) is 99.0 cm³/mol. The molecule has 4 nitrogen and oxygen atoms in total. The number of rotatable bonds is 4. The van der Waals surface area contributed by atoms with Crippen LogP contribution in [0, 0.1) is 0 Å². The zero-order valence-electron chi connectivity index (χ0n) is 14.1. The third-order valence-corrected chi connectivity index (χ3v) is 5.23. The van der Waals surface area contributed by atoms with Crippen molar-refractivity contribution in [3.63, 3.8) is 0 Å². The summed E-state index contributed by atoms with van der Waals surface area (Å²) in [7, 11) is 0. The number of carboxylic acids is 1. The number of H-pyrrole nitrogens is 1. The van der Waals surface area contributed by atoms with Crippen molar-refractivity contribution in [2.45, 2.75) is 25.3 Å². The second kappa shape index (κ2) is 6.73. The fourth-order valence-electron chi connectivity index (χ4n) is 3.89. The summed E-state index contributed by atoms with van der Waals surface area (Å²) in [5.41, 5.74) is 4.09. The van der Waals surface area contributed by atoms with E-state index in [2.05, 4.69) is 40.3 Å². The van der Waals surface area contributed by atoms with Gasteiger partial charge in [0, 0.05) is 23.6 Å². The van der Waals surface area contributed by atoms with Crippen LogP contribution in [0.25, 0.3) is 10.9 Å². The lowest BCUT2D eigenvalue weighted by Crippen LogP contribution is -2.32. The highest BCUT2D eigenvalue weighted by molar-refractivity contribution is 5.87. The predicted octanol–water partition coefficient (Wildman–Crippen LogP) is 4.25. The van der Waals surface area contributed by atoms with Crippen LogP contribution in [0.2, 0.25) is 0 Å². The molecule has 1 saturated heterocycles. The van der Waals surface area contributed by atoms with Crippen LogP contribution in [0.3, 0.4) is 0 Å². The first-order valence-electron chi connectivity index (χ1n) is 8.81. The van der Waals surface area contributed by atoms with Crippen LogP contribution in [-0.2, 0) is 6.54 Å². The number of nitrogens with zero attached hydrogens (tertiary/aromatic N) is 1. The molecule has 25 heavy (non-hydrogen) atoms. The molecule has 4 heteroatoms. The van der Waals surface area contributed by atoms with Crippen molar-refractivity contribution in [2.75, 3.05) is 13.1 Å². The number of hydrogen-bond donors (Lipinski definition) is 2. The van der Waals surface area contributed by atoms with Gasteiger partial charge >= 0.3 is 5.97 Å². The number of aromatic nitrogens is 1. The van der Waals surface area contributed by atoms with E-state index in [4.69, 9.17) is 5.11 Å². The smallest absolute Gasteiger partial charge is 0.335 e. The van der Waals surface area contributed by atoms with Gasteiger partial charge < -0.3 is 10.1 Å². The summed E-state index contributed by atoms with van der Waals surface area (Å²) in [6.45, 7) is 2.91. The average Bonchev–Trinajstić information content (AvgIpc) is 3.07. The lowest BCUT2D eigenvalue weighted by molar-refractivity contribution is 0.0696. The summed E-state index contributed by atoms with van der Waals surface area (Å²) in [6, 6.07) is 15.8. The molecule has 1 aliphatic rings. The van der Waals surface area contributed by atoms with Crippen molar-refractivity contribution in [1.29, 1.82) is 0 Å². The van der Waals surface area contributed by atoms with Gasteiger partial charge in [0.1, 0.15) is 0 Å². The Kier molecular flexibility index (Phi) is 4.28. The molecule has 0 aliphatic carbocycles. The van der Waals surface area contributed by atoms with Gasteiger partial charge in [0.05, 0.1) is 5.56 Å². The van der Waals surface area contributed by atoms with Crippen molar-refractivity contribution < 1.29 is 9.90 Å². The van der Waals surface area contributed by atoms with E-state index in [0.29, 0.717) is 11.5 Å². The van der Waals surface area contributed by atoms with Crippen molar-refractivity contribution in [2.24, 2.45) is 0 Å². The normalized spacial score (nSPS) is 16.3. The Balaban J connectivity index is 1.42. The van der Waals surface area contributed by atoms with Crippen molar-refractivity contribution >= 4 is 16.9 Å². The number of nitrogens with one attached hydrogen (secondary N) is 1. The highest BCUT2D eigenvalue weighted by Gasteiger charge is 2.22. The Morgan fingerprint density at radius 1 is 1.12 bits per heavy atom. The zero-order valence-corrected chi connectivity index (χ0v) is 14.1. The second-order valence-corrected chi connectivity index (χ2v) is 6.85. The Labute approximate surface area is 147 Å². The van der Waals surface area contributed by atoms with E-state index >= 15 is 0 Å². The van der Waals surface area contributed by atoms with Crippen LogP contribution >= 0.6 is 0 Å². The number of para-hydroxylation sites is 1. The van der Waals surface area contributed by atoms with Gasteiger partial charge in [-0.2, -0.15) is 0 Å². The molecular weight excluding hydrogens is 312 g/mol. The topological polar surface area (TPSA) is 56.3 Å². The quantitative estimate of drug-likeness (QED) is 0.750. The Hall–Kier alpha value is -2.59. The van der Waals surface area contributed by atoms with E-state index in [-0.39, 0.29) is 0 Å². The SMILES string of the molecule is O=C(O)c1cccc(CN2CCC(c3c[nH]c4ccccc34)CC2)c1.